The molecule has 0 heterocycles. The van der Waals surface area contributed by atoms with E-state index in [-0.39, 0.29) is 26.1 Å². The van der Waals surface area contributed by atoms with Crippen LogP contribution in [0.15, 0.2) is 146 Å². The number of phosphoric ester groups is 1. The fourth-order valence-electron chi connectivity index (χ4n) is 4.96. The molecule has 0 amide bonds. The molecule has 0 saturated heterocycles. The minimum Gasteiger partial charge on any atom is -0.756 e. The molecular weight excluding hydrogens is 814 g/mol. The van der Waals surface area contributed by atoms with Crippen LogP contribution in [0, 0.1) is 0 Å². The summed E-state index contributed by atoms with van der Waals surface area (Å²) in [6, 6.07) is 0. The first kappa shape index (κ1) is 58.9. The van der Waals surface area contributed by atoms with Crippen molar-refractivity contribution in [2.45, 2.75) is 122 Å². The number of allylic oxidation sites excluding steroid dienone is 22. The van der Waals surface area contributed by atoms with Gasteiger partial charge in [-0.05, 0) is 83.5 Å². The van der Waals surface area contributed by atoms with Crippen molar-refractivity contribution >= 4 is 19.8 Å². The van der Waals surface area contributed by atoms with E-state index in [0.29, 0.717) is 36.7 Å². The Bertz CT molecular complexity index is 1590. The van der Waals surface area contributed by atoms with Crippen molar-refractivity contribution in [3.05, 3.63) is 146 Å². The number of esters is 2. The molecule has 10 nitrogen and oxygen atoms in total. The Balaban J connectivity index is 4.66. The third kappa shape index (κ3) is 45.7. The molecule has 2 unspecified atom stereocenters. The number of likely N-dealkylation sites (N-methyl/N-ethyl adjacent to an activating group) is 1. The molecule has 0 aromatic heterocycles. The number of ether oxygens (including phenoxy) is 2. The quantitative estimate of drug-likeness (QED) is 0.0211. The van der Waals surface area contributed by atoms with Gasteiger partial charge in [0.05, 0.1) is 33.9 Å². The van der Waals surface area contributed by atoms with E-state index in [0.717, 1.165) is 57.8 Å². The van der Waals surface area contributed by atoms with Gasteiger partial charge in [-0.1, -0.05) is 160 Å². The molecule has 3 atom stereocenters. The SMILES string of the molecule is CC/C=C\C/C=C\C/C=C\C/C=C\C/C=C\C/C=C\CCC(=O)OC[C@H](COP(=O)([O-])OCC[N+](C)(C)C)OC(=O)CC/C=C\C/C=C\C/C=C\C/C=C/C=C/C(O)C/C=C\CC. The first-order valence-corrected chi connectivity index (χ1v) is 24.1. The Labute approximate surface area is 381 Å². The Morgan fingerprint density at radius 3 is 1.48 bits per heavy atom. The maximum atomic E-state index is 12.7. The fourth-order valence-corrected chi connectivity index (χ4v) is 5.69. The second kappa shape index (κ2) is 41.8. The van der Waals surface area contributed by atoms with E-state index in [1.54, 1.807) is 6.08 Å². The van der Waals surface area contributed by atoms with Gasteiger partial charge >= 0.3 is 11.9 Å². The number of aliphatic hydroxyl groups excluding tert-OH is 1. The number of nitrogens with zero attached hydrogens (tertiary/aromatic N) is 1. The third-order valence-corrected chi connectivity index (χ3v) is 9.43. The van der Waals surface area contributed by atoms with Gasteiger partial charge in [-0.3, -0.25) is 14.2 Å². The van der Waals surface area contributed by atoms with Crippen LogP contribution in [0.1, 0.15) is 110 Å². The number of rotatable bonds is 38. The fraction of sp³-hybridized carbons (Fsp3) is 0.500. The normalized spacial score (nSPS) is 15.3. The Morgan fingerprint density at radius 1 is 0.571 bits per heavy atom. The van der Waals surface area contributed by atoms with Crippen LogP contribution in [-0.2, 0) is 32.7 Å². The Hall–Kier alpha value is -4.15. The largest absolute Gasteiger partial charge is 0.756 e. The minimum atomic E-state index is -4.69. The van der Waals surface area contributed by atoms with Crippen LogP contribution in [-0.4, -0.2) is 81.2 Å². The molecule has 0 aromatic carbocycles. The van der Waals surface area contributed by atoms with Crippen molar-refractivity contribution in [1.29, 1.82) is 0 Å². The standard InChI is InChI=1S/C52H80NO9P/c1-6-8-10-11-12-13-14-15-16-17-18-19-20-23-26-29-32-35-39-43-51(55)59-47-50(48-61-63(57,58)60-46-45-53(3,4)5)62-52(56)44-40-36-33-30-27-24-21-22-25-28-31-34-38-42-49(54)41-37-9-7-2/h8-10,12-13,15-16,18-19,22-27,31-38,42,49-50,54H,6-7,11,14,17,20-21,28-30,39-41,43-48H2,1-5H3/b10-8-,13-12-,16-15-,19-18-,25-22-,26-23-,27-24-,34-31+,35-32-,36-33-,37-9-,42-38+/t49?,50-/m1/s1. The van der Waals surface area contributed by atoms with Gasteiger partial charge in [0.1, 0.15) is 19.8 Å². The first-order valence-electron chi connectivity index (χ1n) is 22.7. The highest BCUT2D eigenvalue weighted by molar-refractivity contribution is 7.45. The maximum Gasteiger partial charge on any atom is 0.306 e. The summed E-state index contributed by atoms with van der Waals surface area (Å²) in [6.45, 7) is 3.67. The van der Waals surface area contributed by atoms with Crippen molar-refractivity contribution in [3.8, 4) is 0 Å². The van der Waals surface area contributed by atoms with Gasteiger partial charge < -0.3 is 33.0 Å². The van der Waals surface area contributed by atoms with Crippen LogP contribution in [0.4, 0.5) is 0 Å². The van der Waals surface area contributed by atoms with Crippen LogP contribution >= 0.6 is 7.82 Å². The zero-order chi connectivity index (χ0) is 46.5. The average Bonchev–Trinajstić information content (AvgIpc) is 3.23. The van der Waals surface area contributed by atoms with E-state index in [1.165, 1.54) is 0 Å². The molecule has 11 heteroatoms. The molecule has 0 aromatic rings. The number of hydrogen-bond donors (Lipinski definition) is 1. The average molecular weight is 894 g/mol. The van der Waals surface area contributed by atoms with Gasteiger partial charge in [-0.15, -0.1) is 0 Å². The zero-order valence-electron chi connectivity index (χ0n) is 39.1. The number of aliphatic hydroxyl groups is 1. The van der Waals surface area contributed by atoms with E-state index in [4.69, 9.17) is 18.5 Å². The third-order valence-electron chi connectivity index (χ3n) is 8.46. The van der Waals surface area contributed by atoms with E-state index in [1.807, 2.05) is 81.9 Å². The summed E-state index contributed by atoms with van der Waals surface area (Å²) in [5.74, 6) is -1.07. The molecule has 0 aliphatic heterocycles. The van der Waals surface area contributed by atoms with Gasteiger partial charge in [0.2, 0.25) is 0 Å². The summed E-state index contributed by atoms with van der Waals surface area (Å²) in [7, 11) is 1.03. The summed E-state index contributed by atoms with van der Waals surface area (Å²) in [5, 5.41) is 9.85. The first-order chi connectivity index (χ1) is 30.4. The summed E-state index contributed by atoms with van der Waals surface area (Å²) in [4.78, 5) is 37.5. The predicted octanol–water partition coefficient (Wildman–Crippen LogP) is 11.6. The summed E-state index contributed by atoms with van der Waals surface area (Å²) >= 11 is 0. The van der Waals surface area contributed by atoms with Gasteiger partial charge in [0.15, 0.2) is 6.10 Å². The molecular formula is C52H80NO9P. The van der Waals surface area contributed by atoms with Crippen molar-refractivity contribution < 1.29 is 47.2 Å². The highest BCUT2D eigenvalue weighted by Gasteiger charge is 2.21. The second-order valence-corrected chi connectivity index (χ2v) is 16.9. The molecule has 0 fully saturated rings. The minimum absolute atomic E-state index is 0.0582. The predicted molar refractivity (Wildman–Crippen MR) is 260 cm³/mol. The van der Waals surface area contributed by atoms with Crippen LogP contribution in [0.25, 0.3) is 0 Å². The molecule has 0 radical (unpaired) electrons. The number of hydrogen-bond acceptors (Lipinski definition) is 9. The lowest BCUT2D eigenvalue weighted by atomic mass is 10.2. The number of phosphoric acid groups is 1. The van der Waals surface area contributed by atoms with Crippen molar-refractivity contribution in [2.24, 2.45) is 0 Å². The Kier molecular flexibility index (Phi) is 39.1. The molecule has 0 aliphatic carbocycles. The van der Waals surface area contributed by atoms with Gasteiger partial charge in [-0.2, -0.15) is 0 Å². The molecule has 0 saturated carbocycles. The van der Waals surface area contributed by atoms with Crippen LogP contribution < -0.4 is 4.89 Å². The van der Waals surface area contributed by atoms with Crippen LogP contribution in [0.3, 0.4) is 0 Å². The van der Waals surface area contributed by atoms with Gasteiger partial charge in [0.25, 0.3) is 7.82 Å². The lowest BCUT2D eigenvalue weighted by molar-refractivity contribution is -0.870. The van der Waals surface area contributed by atoms with Gasteiger partial charge in [-0.25, -0.2) is 0 Å². The topological polar surface area (TPSA) is 131 Å². The number of quaternary nitrogens is 1. The lowest BCUT2D eigenvalue weighted by Crippen LogP contribution is -2.37. The monoisotopic (exact) mass is 894 g/mol. The van der Waals surface area contributed by atoms with E-state index >= 15 is 0 Å². The highest BCUT2D eigenvalue weighted by Crippen LogP contribution is 2.38. The van der Waals surface area contributed by atoms with E-state index in [2.05, 4.69) is 92.8 Å². The van der Waals surface area contributed by atoms with Crippen molar-refractivity contribution in [3.63, 3.8) is 0 Å². The molecule has 63 heavy (non-hydrogen) atoms. The Morgan fingerprint density at radius 2 is 1.00 bits per heavy atom. The summed E-state index contributed by atoms with van der Waals surface area (Å²) in [6.07, 6.45) is 58.1. The van der Waals surface area contributed by atoms with Crippen LogP contribution in [0.2, 0.25) is 0 Å². The lowest BCUT2D eigenvalue weighted by Gasteiger charge is -2.28. The molecule has 0 rings (SSSR count). The number of carbonyl (C=O) groups is 2. The van der Waals surface area contributed by atoms with Crippen molar-refractivity contribution in [1.82, 2.24) is 0 Å². The molecule has 0 spiro atoms. The van der Waals surface area contributed by atoms with E-state index in [9.17, 15) is 24.2 Å². The maximum absolute atomic E-state index is 12.7. The zero-order valence-corrected chi connectivity index (χ0v) is 39.9. The van der Waals surface area contributed by atoms with Crippen LogP contribution in [0.5, 0.6) is 0 Å². The molecule has 352 valence electrons. The van der Waals surface area contributed by atoms with E-state index < -0.39 is 38.6 Å². The second-order valence-electron chi connectivity index (χ2n) is 15.5. The number of carbonyl (C=O) groups excluding carboxylic acids is 2. The summed E-state index contributed by atoms with van der Waals surface area (Å²) < 4.78 is 33.7. The molecule has 0 aliphatic rings. The summed E-state index contributed by atoms with van der Waals surface area (Å²) in [5.41, 5.74) is 0. The van der Waals surface area contributed by atoms with Crippen molar-refractivity contribution in [2.75, 3.05) is 47.5 Å². The molecule has 1 N–H and O–H groups in total. The highest BCUT2D eigenvalue weighted by atomic mass is 31.2. The smallest absolute Gasteiger partial charge is 0.306 e. The van der Waals surface area contributed by atoms with Gasteiger partial charge in [0, 0.05) is 12.8 Å². The molecule has 0 bridgehead atoms.